The molecule has 0 bridgehead atoms. The molecule has 0 saturated heterocycles. The molecule has 7 nitrogen and oxygen atoms in total. The van der Waals surface area contributed by atoms with Gasteiger partial charge in [-0.15, -0.1) is 0 Å². The normalized spacial score (nSPS) is 9.75. The third kappa shape index (κ3) is 3.25. The third-order valence-electron chi connectivity index (χ3n) is 2.66. The number of rotatable bonds is 6. The van der Waals surface area contributed by atoms with Crippen molar-refractivity contribution >= 4 is 11.7 Å². The summed E-state index contributed by atoms with van der Waals surface area (Å²) in [6.45, 7) is 3.55. The summed E-state index contributed by atoms with van der Waals surface area (Å²) in [4.78, 5) is 21.8. The Morgan fingerprint density at radius 2 is 1.80 bits per heavy atom. The summed E-state index contributed by atoms with van der Waals surface area (Å²) < 4.78 is 14.6. The molecule has 0 aromatic heterocycles. The Morgan fingerprint density at radius 3 is 2.25 bits per heavy atom. The molecule has 108 valence electrons. The average Bonchev–Trinajstić information content (AvgIpc) is 2.45. The number of carbonyl (C=O) groups is 1. The molecule has 0 saturated carbocycles. The van der Waals surface area contributed by atoms with E-state index in [1.807, 2.05) is 0 Å². The second kappa shape index (κ2) is 6.55. The molecule has 0 unspecified atom stereocenters. The van der Waals surface area contributed by atoms with Crippen LogP contribution in [0.25, 0.3) is 0 Å². The lowest BCUT2D eigenvalue weighted by Gasteiger charge is -2.11. The zero-order valence-corrected chi connectivity index (χ0v) is 11.5. The zero-order valence-electron chi connectivity index (χ0n) is 11.5. The highest BCUT2D eigenvalue weighted by atomic mass is 16.6. The topological polar surface area (TPSA) is 87.9 Å². The fourth-order valence-electron chi connectivity index (χ4n) is 1.67. The Balaban J connectivity index is 3.26. The Morgan fingerprint density at radius 1 is 1.25 bits per heavy atom. The predicted octanol–water partition coefficient (Wildman–Crippen LogP) is 1.88. The molecular formula is C13H15NO6. The molecule has 0 N–H and O–H groups in total. The summed E-state index contributed by atoms with van der Waals surface area (Å²) in [5.74, 6) is -0.0357. The van der Waals surface area contributed by atoms with E-state index in [1.165, 1.54) is 33.5 Å². The van der Waals surface area contributed by atoms with Crippen LogP contribution in [0.2, 0.25) is 0 Å². The maximum atomic E-state index is 11.3. The van der Waals surface area contributed by atoms with Crippen LogP contribution in [0.15, 0.2) is 24.3 Å². The molecule has 0 fully saturated rings. The van der Waals surface area contributed by atoms with Crippen molar-refractivity contribution in [1.29, 1.82) is 0 Å². The molecule has 0 atom stereocenters. The molecular weight excluding hydrogens is 266 g/mol. The summed E-state index contributed by atoms with van der Waals surface area (Å²) >= 11 is 0. The Hall–Kier alpha value is -2.57. The molecule has 0 amide bonds. The van der Waals surface area contributed by atoms with E-state index in [4.69, 9.17) is 9.47 Å². The molecule has 0 heterocycles. The molecule has 20 heavy (non-hydrogen) atoms. The van der Waals surface area contributed by atoms with Crippen LogP contribution in [0.5, 0.6) is 11.5 Å². The van der Waals surface area contributed by atoms with Gasteiger partial charge in [0.05, 0.1) is 32.3 Å². The first-order chi connectivity index (χ1) is 9.44. The molecule has 7 heteroatoms. The van der Waals surface area contributed by atoms with Gasteiger partial charge in [-0.25, -0.2) is 4.79 Å². The maximum Gasteiger partial charge on any atom is 0.333 e. The minimum absolute atomic E-state index is 0.0106. The fraction of sp³-hybridized carbons (Fsp3) is 0.308. The molecule has 1 aromatic carbocycles. The summed E-state index contributed by atoms with van der Waals surface area (Å²) in [6, 6.07) is 2.70. The van der Waals surface area contributed by atoms with Crippen LogP contribution in [0.1, 0.15) is 5.56 Å². The van der Waals surface area contributed by atoms with Gasteiger partial charge in [0, 0.05) is 17.6 Å². The van der Waals surface area contributed by atoms with E-state index in [0.717, 1.165) is 0 Å². The first-order valence-electron chi connectivity index (χ1n) is 5.60. The van der Waals surface area contributed by atoms with Gasteiger partial charge in [0.1, 0.15) is 0 Å². The van der Waals surface area contributed by atoms with Crippen LogP contribution < -0.4 is 9.47 Å². The second-order valence-electron chi connectivity index (χ2n) is 3.86. The van der Waals surface area contributed by atoms with Crippen LogP contribution in [-0.2, 0) is 16.0 Å². The largest absolute Gasteiger partial charge is 0.493 e. The van der Waals surface area contributed by atoms with Crippen molar-refractivity contribution in [2.24, 2.45) is 0 Å². The highest BCUT2D eigenvalue weighted by molar-refractivity contribution is 5.88. The van der Waals surface area contributed by atoms with Crippen LogP contribution in [0.4, 0.5) is 5.69 Å². The number of ether oxygens (including phenoxy) is 3. The van der Waals surface area contributed by atoms with Gasteiger partial charge in [-0.05, 0) is 6.07 Å². The van der Waals surface area contributed by atoms with E-state index in [2.05, 4.69) is 11.3 Å². The number of nitrogens with zero attached hydrogens (tertiary/aromatic N) is 1. The number of hydrogen-bond donors (Lipinski definition) is 0. The van der Waals surface area contributed by atoms with E-state index in [9.17, 15) is 14.9 Å². The van der Waals surface area contributed by atoms with E-state index in [0.29, 0.717) is 11.3 Å². The number of nitro groups is 1. The van der Waals surface area contributed by atoms with Gasteiger partial charge < -0.3 is 14.2 Å². The van der Waals surface area contributed by atoms with Gasteiger partial charge in [-0.3, -0.25) is 10.1 Å². The highest BCUT2D eigenvalue weighted by Gasteiger charge is 2.21. The number of hydrogen-bond acceptors (Lipinski definition) is 6. The number of methoxy groups -OCH3 is 3. The smallest absolute Gasteiger partial charge is 0.333 e. The van der Waals surface area contributed by atoms with E-state index in [1.54, 1.807) is 0 Å². The van der Waals surface area contributed by atoms with Crippen molar-refractivity contribution in [3.05, 3.63) is 40.0 Å². The molecule has 0 aliphatic rings. The SMILES string of the molecule is C=C(Cc1cc(OC)c(OC)cc1[N+](=O)[O-])C(=O)OC. The number of carbonyl (C=O) groups excluding carboxylic acids is 1. The number of benzene rings is 1. The van der Waals surface area contributed by atoms with Crippen LogP contribution in [-0.4, -0.2) is 32.2 Å². The zero-order chi connectivity index (χ0) is 15.3. The maximum absolute atomic E-state index is 11.3. The third-order valence-corrected chi connectivity index (χ3v) is 2.66. The van der Waals surface area contributed by atoms with Crippen molar-refractivity contribution in [2.45, 2.75) is 6.42 Å². The average molecular weight is 281 g/mol. The lowest BCUT2D eigenvalue weighted by molar-refractivity contribution is -0.385. The first-order valence-corrected chi connectivity index (χ1v) is 5.60. The van der Waals surface area contributed by atoms with E-state index >= 15 is 0 Å². The molecule has 0 radical (unpaired) electrons. The number of esters is 1. The molecule has 0 spiro atoms. The summed E-state index contributed by atoms with van der Waals surface area (Å²) in [5.41, 5.74) is 0.235. The van der Waals surface area contributed by atoms with Gasteiger partial charge in [-0.2, -0.15) is 0 Å². The van der Waals surface area contributed by atoms with Crippen LogP contribution in [0.3, 0.4) is 0 Å². The van der Waals surface area contributed by atoms with Gasteiger partial charge in [0.15, 0.2) is 11.5 Å². The van der Waals surface area contributed by atoms with Gasteiger partial charge in [0.2, 0.25) is 0 Å². The summed E-state index contributed by atoms with van der Waals surface area (Å²) in [6.07, 6.45) is -0.0106. The Bertz CT molecular complexity index is 552. The Labute approximate surface area is 115 Å². The van der Waals surface area contributed by atoms with Crippen LogP contribution in [0, 0.1) is 10.1 Å². The molecule has 1 aromatic rings. The van der Waals surface area contributed by atoms with Gasteiger partial charge >= 0.3 is 5.97 Å². The summed E-state index contributed by atoms with van der Waals surface area (Å²) in [5, 5.41) is 11.1. The minimum Gasteiger partial charge on any atom is -0.493 e. The number of nitro benzene ring substituents is 1. The summed E-state index contributed by atoms with van der Waals surface area (Å²) in [7, 11) is 4.02. The van der Waals surface area contributed by atoms with Gasteiger partial charge in [-0.1, -0.05) is 6.58 Å². The first kappa shape index (κ1) is 15.5. The van der Waals surface area contributed by atoms with Crippen molar-refractivity contribution in [3.8, 4) is 11.5 Å². The lowest BCUT2D eigenvalue weighted by atomic mass is 10.0. The highest BCUT2D eigenvalue weighted by Crippen LogP contribution is 2.35. The monoisotopic (exact) mass is 281 g/mol. The Kier molecular flexibility index (Phi) is 5.08. The van der Waals surface area contributed by atoms with Gasteiger partial charge in [0.25, 0.3) is 5.69 Å². The fourth-order valence-corrected chi connectivity index (χ4v) is 1.67. The van der Waals surface area contributed by atoms with E-state index in [-0.39, 0.29) is 23.4 Å². The van der Waals surface area contributed by atoms with Crippen molar-refractivity contribution in [2.75, 3.05) is 21.3 Å². The van der Waals surface area contributed by atoms with Crippen LogP contribution >= 0.6 is 0 Å². The predicted molar refractivity (Wildman–Crippen MR) is 71.1 cm³/mol. The molecule has 1 rings (SSSR count). The minimum atomic E-state index is -0.617. The van der Waals surface area contributed by atoms with Crippen molar-refractivity contribution in [3.63, 3.8) is 0 Å². The standard InChI is InChI=1S/C13H15NO6/c1-8(13(15)20-4)5-9-6-11(18-2)12(19-3)7-10(9)14(16)17/h6-7H,1,5H2,2-4H3. The lowest BCUT2D eigenvalue weighted by Crippen LogP contribution is -2.08. The second-order valence-corrected chi connectivity index (χ2v) is 3.86. The molecule has 0 aliphatic carbocycles. The molecule has 0 aliphatic heterocycles. The quantitative estimate of drug-likeness (QED) is 0.342. The van der Waals surface area contributed by atoms with Crippen molar-refractivity contribution < 1.29 is 23.9 Å². The van der Waals surface area contributed by atoms with Crippen molar-refractivity contribution in [1.82, 2.24) is 0 Å². The van der Waals surface area contributed by atoms with E-state index < -0.39 is 10.9 Å².